The number of hydrogen-bond acceptors (Lipinski definition) is 3. The predicted octanol–water partition coefficient (Wildman–Crippen LogP) is 3.23. The molecule has 0 fully saturated rings. The number of benzene rings is 1. The van der Waals surface area contributed by atoms with Crippen LogP contribution < -0.4 is 5.32 Å². The van der Waals surface area contributed by atoms with Crippen molar-refractivity contribution in [2.24, 2.45) is 5.92 Å². The first-order chi connectivity index (χ1) is 9.62. The normalized spacial score (nSPS) is 11.7. The Labute approximate surface area is 129 Å². The van der Waals surface area contributed by atoms with E-state index >= 15 is 0 Å². The standard InChI is InChI=1S/C14H19ClFNO3S/c1-9(2)5-4-6-17-14(18)11-8-13(21(15,19)20)10(3)7-12(11)16/h7-9H,4-6H2,1-3H3,(H,17,18). The third-order valence-corrected chi connectivity index (χ3v) is 4.48. The van der Waals surface area contributed by atoms with E-state index in [2.05, 4.69) is 19.2 Å². The Kier molecular flexibility index (Phi) is 6.16. The summed E-state index contributed by atoms with van der Waals surface area (Å²) in [5, 5.41) is 2.58. The van der Waals surface area contributed by atoms with Crippen LogP contribution in [0.1, 0.15) is 42.6 Å². The lowest BCUT2D eigenvalue weighted by atomic mass is 10.1. The van der Waals surface area contributed by atoms with Gasteiger partial charge >= 0.3 is 0 Å². The summed E-state index contributed by atoms with van der Waals surface area (Å²) in [5.41, 5.74) is -0.150. The van der Waals surface area contributed by atoms with Crippen LogP contribution in [0.2, 0.25) is 0 Å². The zero-order valence-corrected chi connectivity index (χ0v) is 13.8. The minimum Gasteiger partial charge on any atom is -0.352 e. The molecule has 0 aromatic heterocycles. The quantitative estimate of drug-likeness (QED) is 0.641. The molecule has 0 aliphatic rings. The van der Waals surface area contributed by atoms with E-state index in [1.54, 1.807) is 0 Å². The van der Waals surface area contributed by atoms with Crippen LogP contribution >= 0.6 is 10.7 Å². The van der Waals surface area contributed by atoms with Gasteiger partial charge in [-0.2, -0.15) is 0 Å². The summed E-state index contributed by atoms with van der Waals surface area (Å²) in [5.74, 6) is -0.887. The summed E-state index contributed by atoms with van der Waals surface area (Å²) in [6, 6.07) is 1.98. The summed E-state index contributed by atoms with van der Waals surface area (Å²) in [6.07, 6.45) is 1.72. The molecule has 0 saturated carbocycles. The van der Waals surface area contributed by atoms with Crippen LogP contribution in [0.15, 0.2) is 17.0 Å². The molecule has 1 aromatic rings. The maximum atomic E-state index is 13.8. The zero-order chi connectivity index (χ0) is 16.2. The highest BCUT2D eigenvalue weighted by molar-refractivity contribution is 8.13. The van der Waals surface area contributed by atoms with Crippen LogP contribution in [0.3, 0.4) is 0 Å². The van der Waals surface area contributed by atoms with E-state index in [1.807, 2.05) is 0 Å². The maximum absolute atomic E-state index is 13.8. The smallest absolute Gasteiger partial charge is 0.261 e. The minimum atomic E-state index is -4.02. The predicted molar refractivity (Wildman–Crippen MR) is 80.6 cm³/mol. The molecule has 0 atom stereocenters. The molecule has 0 bridgehead atoms. The van der Waals surface area contributed by atoms with Gasteiger partial charge < -0.3 is 5.32 Å². The minimum absolute atomic E-state index is 0.166. The number of aryl methyl sites for hydroxylation is 1. The molecule has 4 nitrogen and oxygen atoms in total. The molecule has 0 saturated heterocycles. The molecule has 0 unspecified atom stereocenters. The van der Waals surface area contributed by atoms with E-state index in [9.17, 15) is 17.6 Å². The molecule has 1 amide bonds. The van der Waals surface area contributed by atoms with Gasteiger partial charge in [0.25, 0.3) is 15.0 Å². The lowest BCUT2D eigenvalue weighted by Crippen LogP contribution is -2.26. The van der Waals surface area contributed by atoms with E-state index in [-0.39, 0.29) is 16.0 Å². The van der Waals surface area contributed by atoms with Crippen molar-refractivity contribution in [1.82, 2.24) is 5.32 Å². The average Bonchev–Trinajstić information content (AvgIpc) is 2.32. The Balaban J connectivity index is 2.90. The van der Waals surface area contributed by atoms with Gasteiger partial charge in [0, 0.05) is 17.2 Å². The first-order valence-electron chi connectivity index (χ1n) is 6.66. The molecule has 0 radical (unpaired) electrons. The number of nitrogens with one attached hydrogen (secondary N) is 1. The highest BCUT2D eigenvalue weighted by Crippen LogP contribution is 2.23. The SMILES string of the molecule is Cc1cc(F)c(C(=O)NCCCC(C)C)cc1S(=O)(=O)Cl. The highest BCUT2D eigenvalue weighted by Gasteiger charge is 2.20. The zero-order valence-electron chi connectivity index (χ0n) is 12.2. The van der Waals surface area contributed by atoms with Crippen LogP contribution in [0, 0.1) is 18.7 Å². The van der Waals surface area contributed by atoms with Crippen molar-refractivity contribution in [2.75, 3.05) is 6.54 Å². The van der Waals surface area contributed by atoms with E-state index in [0.717, 1.165) is 25.0 Å². The first kappa shape index (κ1) is 17.9. The van der Waals surface area contributed by atoms with Crippen LogP contribution in [-0.2, 0) is 9.05 Å². The second-order valence-corrected chi connectivity index (χ2v) is 7.86. The van der Waals surface area contributed by atoms with Gasteiger partial charge in [-0.1, -0.05) is 13.8 Å². The fourth-order valence-electron chi connectivity index (χ4n) is 1.90. The van der Waals surface area contributed by atoms with Crippen LogP contribution in [0.25, 0.3) is 0 Å². The second kappa shape index (κ2) is 7.22. The van der Waals surface area contributed by atoms with Crippen LogP contribution in [0.5, 0.6) is 0 Å². The van der Waals surface area contributed by atoms with Crippen molar-refractivity contribution in [3.8, 4) is 0 Å². The number of carbonyl (C=O) groups is 1. The Hall–Kier alpha value is -1.14. The molecule has 118 valence electrons. The van der Waals surface area contributed by atoms with Gasteiger partial charge in [0.15, 0.2) is 0 Å². The highest BCUT2D eigenvalue weighted by atomic mass is 35.7. The summed E-state index contributed by atoms with van der Waals surface area (Å²) in [6.45, 7) is 5.97. The molecule has 0 aliphatic carbocycles. The fraction of sp³-hybridized carbons (Fsp3) is 0.500. The van der Waals surface area contributed by atoms with Crippen LogP contribution in [-0.4, -0.2) is 20.9 Å². The summed E-state index contributed by atoms with van der Waals surface area (Å²) in [4.78, 5) is 11.7. The molecule has 0 aliphatic heterocycles. The van der Waals surface area contributed by atoms with Crippen molar-refractivity contribution >= 4 is 25.6 Å². The van der Waals surface area contributed by atoms with Crippen molar-refractivity contribution in [1.29, 1.82) is 0 Å². The molecular weight excluding hydrogens is 317 g/mol. The van der Waals surface area contributed by atoms with Crippen molar-refractivity contribution in [3.05, 3.63) is 29.1 Å². The molecule has 0 spiro atoms. The van der Waals surface area contributed by atoms with E-state index in [1.165, 1.54) is 6.92 Å². The van der Waals surface area contributed by atoms with E-state index in [0.29, 0.717) is 12.5 Å². The molecule has 1 aromatic carbocycles. The molecule has 21 heavy (non-hydrogen) atoms. The van der Waals surface area contributed by atoms with Crippen LogP contribution in [0.4, 0.5) is 4.39 Å². The van der Waals surface area contributed by atoms with Gasteiger partial charge in [-0.25, -0.2) is 12.8 Å². The number of amides is 1. The van der Waals surface area contributed by atoms with Crippen molar-refractivity contribution in [2.45, 2.75) is 38.5 Å². The van der Waals surface area contributed by atoms with Crippen molar-refractivity contribution in [3.63, 3.8) is 0 Å². The monoisotopic (exact) mass is 335 g/mol. The third kappa shape index (κ3) is 5.28. The number of hydrogen-bond donors (Lipinski definition) is 1. The molecule has 0 heterocycles. The van der Waals surface area contributed by atoms with Gasteiger partial charge in [0.05, 0.1) is 10.5 Å². The molecule has 1 N–H and O–H groups in total. The lowest BCUT2D eigenvalue weighted by Gasteiger charge is -2.10. The number of halogens is 2. The molecular formula is C14H19ClFNO3S. The topological polar surface area (TPSA) is 63.2 Å². The first-order valence-corrected chi connectivity index (χ1v) is 8.97. The Bertz CT molecular complexity index is 629. The Morgan fingerprint density at radius 3 is 2.52 bits per heavy atom. The van der Waals surface area contributed by atoms with Gasteiger partial charge in [-0.15, -0.1) is 0 Å². The third-order valence-electron chi connectivity index (χ3n) is 3.02. The Morgan fingerprint density at radius 2 is 2.00 bits per heavy atom. The van der Waals surface area contributed by atoms with Crippen molar-refractivity contribution < 1.29 is 17.6 Å². The lowest BCUT2D eigenvalue weighted by molar-refractivity contribution is 0.0948. The van der Waals surface area contributed by atoms with Gasteiger partial charge in [-0.05, 0) is 43.4 Å². The second-order valence-electron chi connectivity index (χ2n) is 5.33. The molecule has 7 heteroatoms. The number of carbonyl (C=O) groups excluding carboxylic acids is 1. The summed E-state index contributed by atoms with van der Waals surface area (Å²) in [7, 11) is 1.26. The Morgan fingerprint density at radius 1 is 1.38 bits per heavy atom. The maximum Gasteiger partial charge on any atom is 0.261 e. The fourth-order valence-corrected chi connectivity index (χ4v) is 3.10. The largest absolute Gasteiger partial charge is 0.352 e. The number of rotatable bonds is 6. The molecule has 1 rings (SSSR count). The van der Waals surface area contributed by atoms with Gasteiger partial charge in [0.2, 0.25) is 0 Å². The van der Waals surface area contributed by atoms with E-state index < -0.39 is 20.8 Å². The summed E-state index contributed by atoms with van der Waals surface area (Å²) < 4.78 is 36.6. The summed E-state index contributed by atoms with van der Waals surface area (Å²) >= 11 is 0. The van der Waals surface area contributed by atoms with E-state index in [4.69, 9.17) is 10.7 Å². The van der Waals surface area contributed by atoms with Gasteiger partial charge in [0.1, 0.15) is 5.82 Å². The average molecular weight is 336 g/mol. The van der Waals surface area contributed by atoms with Gasteiger partial charge in [-0.3, -0.25) is 4.79 Å².